The van der Waals surface area contributed by atoms with Crippen LogP contribution in [0.2, 0.25) is 0 Å². The van der Waals surface area contributed by atoms with Crippen molar-refractivity contribution in [3.63, 3.8) is 0 Å². The van der Waals surface area contributed by atoms with E-state index in [-0.39, 0.29) is 17.9 Å². The van der Waals surface area contributed by atoms with Gasteiger partial charge in [-0.15, -0.1) is 13.2 Å². The van der Waals surface area contributed by atoms with E-state index < -0.39 is 18.0 Å². The Balaban J connectivity index is 2.82. The minimum absolute atomic E-state index is 0.113. The van der Waals surface area contributed by atoms with Crippen LogP contribution < -0.4 is 10.5 Å². The van der Waals surface area contributed by atoms with Gasteiger partial charge in [0.2, 0.25) is 0 Å². The summed E-state index contributed by atoms with van der Waals surface area (Å²) in [5.41, 5.74) is 5.71. The highest BCUT2D eigenvalue weighted by Gasteiger charge is 2.32. The van der Waals surface area contributed by atoms with Gasteiger partial charge in [0.1, 0.15) is 5.75 Å². The highest BCUT2D eigenvalue weighted by molar-refractivity contribution is 5.36. The zero-order valence-electron chi connectivity index (χ0n) is 11.1. The van der Waals surface area contributed by atoms with Crippen molar-refractivity contribution in [3.8, 4) is 5.75 Å². The van der Waals surface area contributed by atoms with Crippen molar-refractivity contribution in [1.82, 2.24) is 0 Å². The van der Waals surface area contributed by atoms with Gasteiger partial charge in [0, 0.05) is 5.56 Å². The molecule has 3 nitrogen and oxygen atoms in total. The summed E-state index contributed by atoms with van der Waals surface area (Å²) in [4.78, 5) is 0. The first-order valence-electron chi connectivity index (χ1n) is 5.83. The fourth-order valence-corrected chi connectivity index (χ4v) is 1.43. The Kier molecular flexibility index (Phi) is 4.81. The Bertz CT molecular complexity index is 413. The molecule has 0 amide bonds. The molecule has 0 bridgehead atoms. The molecule has 1 aromatic carbocycles. The molecule has 0 spiro atoms. The van der Waals surface area contributed by atoms with Crippen LogP contribution in [-0.4, -0.2) is 18.6 Å². The second kappa shape index (κ2) is 5.79. The second-order valence-corrected chi connectivity index (χ2v) is 5.12. The molecule has 0 aliphatic rings. The van der Waals surface area contributed by atoms with Gasteiger partial charge in [-0.25, -0.2) is 0 Å². The number of hydrogen-bond acceptors (Lipinski definition) is 3. The van der Waals surface area contributed by atoms with Crippen LogP contribution in [0.3, 0.4) is 0 Å². The number of ether oxygens (including phenoxy) is 2. The maximum Gasteiger partial charge on any atom is 0.573 e. The maximum atomic E-state index is 12.3. The van der Waals surface area contributed by atoms with Crippen LogP contribution in [0.25, 0.3) is 0 Å². The lowest BCUT2D eigenvalue weighted by Crippen LogP contribution is -2.27. The number of alkyl halides is 3. The zero-order valence-corrected chi connectivity index (χ0v) is 11.1. The number of halogens is 3. The predicted molar refractivity (Wildman–Crippen MR) is 65.8 cm³/mol. The fraction of sp³-hybridized carbons (Fsp3) is 0.538. The summed E-state index contributed by atoms with van der Waals surface area (Å²) < 4.78 is 46.2. The Morgan fingerprint density at radius 1 is 1.16 bits per heavy atom. The Labute approximate surface area is 110 Å². The first kappa shape index (κ1) is 15.8. The van der Waals surface area contributed by atoms with E-state index >= 15 is 0 Å². The summed E-state index contributed by atoms with van der Waals surface area (Å²) in [5, 5.41) is 0. The van der Waals surface area contributed by atoms with Crippen LogP contribution in [0, 0.1) is 0 Å². The van der Waals surface area contributed by atoms with Crippen molar-refractivity contribution < 1.29 is 22.6 Å². The van der Waals surface area contributed by atoms with Gasteiger partial charge in [-0.3, -0.25) is 0 Å². The third-order valence-electron chi connectivity index (χ3n) is 2.24. The molecule has 1 unspecified atom stereocenters. The van der Waals surface area contributed by atoms with Crippen LogP contribution in [0.1, 0.15) is 32.4 Å². The molecular weight excluding hydrogens is 259 g/mol. The minimum Gasteiger partial charge on any atom is -0.405 e. The van der Waals surface area contributed by atoms with Crippen molar-refractivity contribution in [2.24, 2.45) is 5.73 Å². The molecule has 0 saturated heterocycles. The van der Waals surface area contributed by atoms with Crippen molar-refractivity contribution in [1.29, 1.82) is 0 Å². The van der Waals surface area contributed by atoms with Gasteiger partial charge in [-0.2, -0.15) is 0 Å². The summed E-state index contributed by atoms with van der Waals surface area (Å²) in [6.07, 6.45) is -4.74. The summed E-state index contributed by atoms with van der Waals surface area (Å²) in [6, 6.07) is 5.12. The number of para-hydroxylation sites is 1. The summed E-state index contributed by atoms with van der Waals surface area (Å²) in [6.45, 7) is 5.65. The standard InChI is InChI=1S/C13H18F3NO2/c1-12(2,3)18-8-10(17)9-6-4-5-7-11(9)19-13(14,15)16/h4-7,10H,8,17H2,1-3H3. The quantitative estimate of drug-likeness (QED) is 0.917. The normalized spacial score (nSPS) is 14.3. The first-order valence-corrected chi connectivity index (χ1v) is 5.83. The van der Waals surface area contributed by atoms with Gasteiger partial charge in [0.15, 0.2) is 0 Å². The fourth-order valence-electron chi connectivity index (χ4n) is 1.43. The van der Waals surface area contributed by atoms with Gasteiger partial charge < -0.3 is 15.2 Å². The number of hydrogen-bond donors (Lipinski definition) is 1. The first-order chi connectivity index (χ1) is 8.58. The summed E-state index contributed by atoms with van der Waals surface area (Å²) in [5.74, 6) is -0.292. The lowest BCUT2D eigenvalue weighted by molar-refractivity contribution is -0.275. The summed E-state index contributed by atoms with van der Waals surface area (Å²) >= 11 is 0. The van der Waals surface area contributed by atoms with Gasteiger partial charge in [0.25, 0.3) is 0 Å². The molecule has 0 aliphatic heterocycles. The van der Waals surface area contributed by atoms with Crippen molar-refractivity contribution in [2.75, 3.05) is 6.61 Å². The molecular formula is C13H18F3NO2. The SMILES string of the molecule is CC(C)(C)OCC(N)c1ccccc1OC(F)(F)F. The van der Waals surface area contributed by atoms with Crippen LogP contribution in [0.5, 0.6) is 5.75 Å². The number of nitrogens with two attached hydrogens (primary N) is 1. The van der Waals surface area contributed by atoms with Gasteiger partial charge in [-0.1, -0.05) is 18.2 Å². The molecule has 1 rings (SSSR count). The summed E-state index contributed by atoms with van der Waals surface area (Å²) in [7, 11) is 0. The molecule has 0 aromatic heterocycles. The Hall–Kier alpha value is -1.27. The highest BCUT2D eigenvalue weighted by Crippen LogP contribution is 2.29. The highest BCUT2D eigenvalue weighted by atomic mass is 19.4. The topological polar surface area (TPSA) is 44.5 Å². The zero-order chi connectivity index (χ0) is 14.7. The molecule has 6 heteroatoms. The van der Waals surface area contributed by atoms with E-state index in [0.29, 0.717) is 0 Å². The molecule has 19 heavy (non-hydrogen) atoms. The van der Waals surface area contributed by atoms with E-state index in [4.69, 9.17) is 10.5 Å². The lowest BCUT2D eigenvalue weighted by atomic mass is 10.1. The molecule has 2 N–H and O–H groups in total. The number of benzene rings is 1. The molecule has 1 atom stereocenters. The van der Waals surface area contributed by atoms with E-state index in [1.807, 2.05) is 20.8 Å². The molecule has 108 valence electrons. The molecule has 0 saturated carbocycles. The molecule has 0 radical (unpaired) electrons. The van der Waals surface area contributed by atoms with E-state index in [0.717, 1.165) is 0 Å². The molecule has 0 heterocycles. The second-order valence-electron chi connectivity index (χ2n) is 5.12. The van der Waals surface area contributed by atoms with Gasteiger partial charge in [-0.05, 0) is 26.8 Å². The van der Waals surface area contributed by atoms with Crippen molar-refractivity contribution in [2.45, 2.75) is 38.8 Å². The van der Waals surface area contributed by atoms with E-state index in [1.165, 1.54) is 18.2 Å². The molecule has 0 aliphatic carbocycles. The number of rotatable bonds is 4. The monoisotopic (exact) mass is 277 g/mol. The van der Waals surface area contributed by atoms with Crippen LogP contribution in [0.15, 0.2) is 24.3 Å². The average molecular weight is 277 g/mol. The van der Waals surface area contributed by atoms with Crippen LogP contribution >= 0.6 is 0 Å². The predicted octanol–water partition coefficient (Wildman–Crippen LogP) is 3.40. The third-order valence-corrected chi connectivity index (χ3v) is 2.24. The van der Waals surface area contributed by atoms with E-state index in [9.17, 15) is 13.2 Å². The van der Waals surface area contributed by atoms with Crippen LogP contribution in [-0.2, 0) is 4.74 Å². The Morgan fingerprint density at radius 3 is 2.26 bits per heavy atom. The van der Waals surface area contributed by atoms with E-state index in [2.05, 4.69) is 4.74 Å². The molecule has 0 fully saturated rings. The third kappa shape index (κ3) is 5.94. The minimum atomic E-state index is -4.74. The van der Waals surface area contributed by atoms with E-state index in [1.54, 1.807) is 6.07 Å². The van der Waals surface area contributed by atoms with Crippen molar-refractivity contribution in [3.05, 3.63) is 29.8 Å². The lowest BCUT2D eigenvalue weighted by Gasteiger charge is -2.23. The Morgan fingerprint density at radius 2 is 1.74 bits per heavy atom. The van der Waals surface area contributed by atoms with Gasteiger partial charge >= 0.3 is 6.36 Å². The average Bonchev–Trinajstić information content (AvgIpc) is 2.23. The largest absolute Gasteiger partial charge is 0.573 e. The maximum absolute atomic E-state index is 12.3. The van der Waals surface area contributed by atoms with Gasteiger partial charge in [0.05, 0.1) is 18.2 Å². The van der Waals surface area contributed by atoms with Crippen LogP contribution in [0.4, 0.5) is 13.2 Å². The van der Waals surface area contributed by atoms with Crippen molar-refractivity contribution >= 4 is 0 Å². The smallest absolute Gasteiger partial charge is 0.405 e. The molecule has 1 aromatic rings.